The van der Waals surface area contributed by atoms with E-state index >= 15 is 0 Å². The van der Waals surface area contributed by atoms with Gasteiger partial charge in [-0.25, -0.2) is 0 Å². The molecule has 8 heavy (non-hydrogen) atoms. The molecular formula is C2H6Cl3O2Ru. The van der Waals surface area contributed by atoms with Crippen LogP contribution in [0.5, 0.6) is 0 Å². The second kappa shape index (κ2) is 11.2. The van der Waals surface area contributed by atoms with E-state index in [9.17, 15) is 0 Å². The molecule has 0 radical (unpaired) electrons. The van der Waals surface area contributed by atoms with Crippen molar-refractivity contribution >= 4 is 29.1 Å². The fourth-order valence-electron chi connectivity index (χ4n) is 0. The van der Waals surface area contributed by atoms with E-state index in [1.165, 1.54) is 0 Å². The van der Waals surface area contributed by atoms with E-state index in [1.807, 2.05) is 0 Å². The number of aliphatic hydroxyl groups is 2. The Kier molecular flexibility index (Phi) is 17.0. The number of aliphatic hydroxyl groups excluding tert-OH is 2. The first-order valence-electron chi connectivity index (χ1n) is 1.53. The normalized spacial score (nSPS) is 9.38. The van der Waals surface area contributed by atoms with Crippen molar-refractivity contribution in [2.75, 3.05) is 13.2 Å². The van der Waals surface area contributed by atoms with Gasteiger partial charge < -0.3 is 10.2 Å². The Morgan fingerprint density at radius 3 is 1.12 bits per heavy atom. The molecule has 0 heterocycles. The molecule has 55 valence electrons. The van der Waals surface area contributed by atoms with Gasteiger partial charge >= 0.3 is 42.1 Å². The van der Waals surface area contributed by atoms with Crippen LogP contribution in [-0.2, 0) is 13.0 Å². The molecule has 0 aromatic rings. The number of hydrogen-bond donors (Lipinski definition) is 2. The topological polar surface area (TPSA) is 40.5 Å². The minimum absolute atomic E-state index is 0.125. The molecule has 2 N–H and O–H groups in total. The van der Waals surface area contributed by atoms with Gasteiger partial charge in [-0.1, -0.05) is 0 Å². The molecule has 2 nitrogen and oxygen atoms in total. The molecular weight excluding hydrogens is 263 g/mol. The molecule has 0 aliphatic heterocycles. The Morgan fingerprint density at radius 1 is 1.00 bits per heavy atom. The predicted octanol–water partition coefficient (Wildman–Crippen LogP) is 1.04. The quantitative estimate of drug-likeness (QED) is 0.698. The molecule has 0 aromatic carbocycles. The molecule has 0 amide bonds. The Hall–Kier alpha value is 1.41. The summed E-state index contributed by atoms with van der Waals surface area (Å²) in [6.45, 7) is -0.250. The molecule has 0 saturated carbocycles. The predicted molar refractivity (Wildman–Crippen MR) is 31.7 cm³/mol. The molecule has 0 spiro atoms. The third kappa shape index (κ3) is 52.4. The second-order valence-electron chi connectivity index (χ2n) is 0.599. The van der Waals surface area contributed by atoms with Crippen LogP contribution in [0.1, 0.15) is 0 Å². The van der Waals surface area contributed by atoms with Crippen molar-refractivity contribution in [2.45, 2.75) is 0 Å². The molecule has 0 aliphatic rings. The molecule has 6 heteroatoms. The number of rotatable bonds is 1. The van der Waals surface area contributed by atoms with Crippen LogP contribution in [0.3, 0.4) is 0 Å². The minimum atomic E-state index is -1.75. The van der Waals surface area contributed by atoms with Crippen LogP contribution in [0.25, 0.3) is 0 Å². The van der Waals surface area contributed by atoms with Crippen molar-refractivity contribution in [1.29, 1.82) is 0 Å². The van der Waals surface area contributed by atoms with Crippen LogP contribution in [0.15, 0.2) is 0 Å². The van der Waals surface area contributed by atoms with E-state index in [0.29, 0.717) is 0 Å². The summed E-state index contributed by atoms with van der Waals surface area (Å²) in [4.78, 5) is 0. The summed E-state index contributed by atoms with van der Waals surface area (Å²) in [7, 11) is 14.8. The molecule has 0 saturated heterocycles. The van der Waals surface area contributed by atoms with Crippen LogP contribution in [0.2, 0.25) is 0 Å². The second-order valence-corrected chi connectivity index (χ2v) is 8.52. The molecule has 0 rings (SSSR count). The summed E-state index contributed by atoms with van der Waals surface area (Å²) in [5.74, 6) is 0. The van der Waals surface area contributed by atoms with Gasteiger partial charge in [-0.2, -0.15) is 0 Å². The average molecular weight is 269 g/mol. The number of halogens is 3. The van der Waals surface area contributed by atoms with E-state index in [1.54, 1.807) is 0 Å². The summed E-state index contributed by atoms with van der Waals surface area (Å²) in [5.41, 5.74) is 0. The third-order valence-corrected chi connectivity index (χ3v) is 0.1000. The monoisotopic (exact) mass is 269 g/mol. The van der Waals surface area contributed by atoms with Crippen LogP contribution in [-0.4, -0.2) is 23.4 Å². The van der Waals surface area contributed by atoms with Crippen molar-refractivity contribution in [3.8, 4) is 0 Å². The van der Waals surface area contributed by atoms with Gasteiger partial charge in [0, 0.05) is 0 Å². The van der Waals surface area contributed by atoms with E-state index in [0.717, 1.165) is 0 Å². The van der Waals surface area contributed by atoms with Gasteiger partial charge in [0.1, 0.15) is 0 Å². The third-order valence-electron chi connectivity index (χ3n) is 0.1000. The molecule has 0 aromatic heterocycles. The Bertz CT molecular complexity index is 31.7. The summed E-state index contributed by atoms with van der Waals surface area (Å²) >= 11 is -1.75. The van der Waals surface area contributed by atoms with Crippen molar-refractivity contribution in [2.24, 2.45) is 0 Å². The van der Waals surface area contributed by atoms with Crippen LogP contribution >= 0.6 is 29.1 Å². The fourth-order valence-corrected chi connectivity index (χ4v) is 0. The first-order chi connectivity index (χ1) is 3.65. The maximum absolute atomic E-state index is 7.62. The van der Waals surface area contributed by atoms with E-state index < -0.39 is 13.0 Å². The SMILES string of the molecule is OCCO.[Cl][Ru]([Cl])[Cl]. The van der Waals surface area contributed by atoms with Gasteiger partial charge in [0.15, 0.2) is 0 Å². The zero-order valence-electron chi connectivity index (χ0n) is 3.80. The first kappa shape index (κ1) is 12.1. The van der Waals surface area contributed by atoms with Crippen LogP contribution < -0.4 is 0 Å². The molecule has 0 bridgehead atoms. The van der Waals surface area contributed by atoms with E-state index in [2.05, 4.69) is 0 Å². The van der Waals surface area contributed by atoms with Crippen molar-refractivity contribution in [1.82, 2.24) is 0 Å². The summed E-state index contributed by atoms with van der Waals surface area (Å²) in [5, 5.41) is 15.2. The average Bonchev–Trinajstić information content (AvgIpc) is 1.65. The van der Waals surface area contributed by atoms with Crippen molar-refractivity contribution in [3.05, 3.63) is 0 Å². The van der Waals surface area contributed by atoms with E-state index in [4.69, 9.17) is 39.3 Å². The molecule has 0 unspecified atom stereocenters. The maximum atomic E-state index is 7.62. The van der Waals surface area contributed by atoms with Gasteiger partial charge in [0.2, 0.25) is 0 Å². The Labute approximate surface area is 65.4 Å². The standard InChI is InChI=1S/C2H6O2.3ClH.Ru/c3-1-2-4;;;;/h3-4H,1-2H2;3*1H;/q;;;;+3/p-3. The van der Waals surface area contributed by atoms with Crippen LogP contribution in [0, 0.1) is 0 Å². The van der Waals surface area contributed by atoms with Crippen LogP contribution in [0.4, 0.5) is 0 Å². The Balaban J connectivity index is 0. The van der Waals surface area contributed by atoms with Crippen molar-refractivity contribution < 1.29 is 23.2 Å². The number of hydrogen-bond acceptors (Lipinski definition) is 2. The zero-order chi connectivity index (χ0) is 6.99. The van der Waals surface area contributed by atoms with Gasteiger partial charge in [0.05, 0.1) is 13.2 Å². The summed E-state index contributed by atoms with van der Waals surface area (Å²) in [6.07, 6.45) is 0. The zero-order valence-corrected chi connectivity index (χ0v) is 7.80. The van der Waals surface area contributed by atoms with Crippen molar-refractivity contribution in [3.63, 3.8) is 0 Å². The summed E-state index contributed by atoms with van der Waals surface area (Å²) < 4.78 is 0. The Morgan fingerprint density at radius 2 is 1.12 bits per heavy atom. The van der Waals surface area contributed by atoms with Gasteiger partial charge in [-0.15, -0.1) is 0 Å². The molecule has 0 fully saturated rings. The van der Waals surface area contributed by atoms with Gasteiger partial charge in [-0.05, 0) is 0 Å². The molecule has 0 aliphatic carbocycles. The van der Waals surface area contributed by atoms with Gasteiger partial charge in [-0.3, -0.25) is 0 Å². The first-order valence-corrected chi connectivity index (χ1v) is 8.25. The fraction of sp³-hybridized carbons (Fsp3) is 1.00. The molecule has 0 atom stereocenters. The van der Waals surface area contributed by atoms with Gasteiger partial charge in [0.25, 0.3) is 0 Å². The summed E-state index contributed by atoms with van der Waals surface area (Å²) in [6, 6.07) is 0. The van der Waals surface area contributed by atoms with E-state index in [-0.39, 0.29) is 13.2 Å².